The van der Waals surface area contributed by atoms with Crippen LogP contribution in [-0.4, -0.2) is 120 Å². The molecule has 0 saturated carbocycles. The van der Waals surface area contributed by atoms with Crippen molar-refractivity contribution in [3.8, 4) is 5.75 Å². The molecule has 17 heteroatoms. The van der Waals surface area contributed by atoms with Gasteiger partial charge in [-0.05, 0) is 73.2 Å². The minimum atomic E-state index is -3.66. The number of sulfone groups is 1. The maximum Gasteiger partial charge on any atom is 0.329 e. The van der Waals surface area contributed by atoms with Gasteiger partial charge >= 0.3 is 11.9 Å². The molecular formula is C45H63N3O13S. The first-order valence-electron chi connectivity index (χ1n) is 21.3. The first-order valence-corrected chi connectivity index (χ1v) is 22.9. The summed E-state index contributed by atoms with van der Waals surface area (Å²) in [7, 11) is -3.66. The Hall–Kier alpha value is -4.94. The van der Waals surface area contributed by atoms with E-state index in [0.717, 1.165) is 61.8 Å². The van der Waals surface area contributed by atoms with Gasteiger partial charge in [0.25, 0.3) is 5.91 Å². The number of aliphatic carboxylic acids is 2. The Morgan fingerprint density at radius 1 is 0.565 bits per heavy atom. The Morgan fingerprint density at radius 2 is 1.11 bits per heavy atom. The standard InChI is InChI=1S/C45H63N3O13S/c49-42(46-23-26-57-29-31-60-34-44(52)53)33-59-30-28-58-27-24-47-45(54)38-17-18-39(48-32-38)35-62(55,56)41-21-15-37(16-22-41)12-11-36-13-19-40(20-14-36)61-25-9-7-5-3-1-2-4-6-8-10-43(50)51/h13-22,32H,1-12,23-31,33-35H2,(H,46,49)(H,47,54)(H,50,51)(H,52,53). The molecule has 1 heterocycles. The van der Waals surface area contributed by atoms with E-state index < -0.39 is 21.8 Å². The highest BCUT2D eigenvalue weighted by Gasteiger charge is 2.17. The summed E-state index contributed by atoms with van der Waals surface area (Å²) in [5.41, 5.74) is 2.78. The zero-order chi connectivity index (χ0) is 44.7. The van der Waals surface area contributed by atoms with E-state index in [2.05, 4.69) is 27.8 Å². The van der Waals surface area contributed by atoms with Gasteiger partial charge in [0.05, 0.1) is 68.2 Å². The average molecular weight is 886 g/mol. The number of rotatable bonds is 36. The number of unbranched alkanes of at least 4 members (excludes halogenated alkanes) is 8. The van der Waals surface area contributed by atoms with Crippen LogP contribution in [0.4, 0.5) is 0 Å². The average Bonchev–Trinajstić information content (AvgIpc) is 3.25. The molecular weight excluding hydrogens is 823 g/mol. The van der Waals surface area contributed by atoms with E-state index in [9.17, 15) is 27.6 Å². The zero-order valence-electron chi connectivity index (χ0n) is 35.6. The number of hydrogen-bond acceptors (Lipinski definition) is 12. The summed E-state index contributed by atoms with van der Waals surface area (Å²) in [5.74, 6) is -1.92. The summed E-state index contributed by atoms with van der Waals surface area (Å²) in [6, 6.07) is 18.0. The maximum atomic E-state index is 13.2. The molecule has 0 aliphatic carbocycles. The number of aryl methyl sites for hydroxylation is 2. The van der Waals surface area contributed by atoms with Crippen LogP contribution in [0.2, 0.25) is 0 Å². The number of benzene rings is 2. The minimum Gasteiger partial charge on any atom is -0.494 e. The predicted octanol–water partition coefficient (Wildman–Crippen LogP) is 5.20. The lowest BCUT2D eigenvalue weighted by molar-refractivity contribution is -0.143. The van der Waals surface area contributed by atoms with Gasteiger partial charge in [-0.2, -0.15) is 0 Å². The molecule has 3 aromatic rings. The third kappa shape index (κ3) is 23.9. The molecule has 2 aromatic carbocycles. The number of carbonyl (C=O) groups excluding carboxylic acids is 2. The fraction of sp³-hybridized carbons (Fsp3) is 0.533. The zero-order valence-corrected chi connectivity index (χ0v) is 36.4. The van der Waals surface area contributed by atoms with E-state index >= 15 is 0 Å². The molecule has 0 unspecified atom stereocenters. The van der Waals surface area contributed by atoms with Gasteiger partial charge in [-0.25, -0.2) is 13.2 Å². The van der Waals surface area contributed by atoms with Crippen molar-refractivity contribution in [1.29, 1.82) is 0 Å². The summed E-state index contributed by atoms with van der Waals surface area (Å²) in [6.45, 7) is 1.85. The molecule has 0 spiro atoms. The maximum absolute atomic E-state index is 13.2. The van der Waals surface area contributed by atoms with Crippen LogP contribution in [0.1, 0.15) is 91.4 Å². The summed E-state index contributed by atoms with van der Waals surface area (Å²) in [5, 5.41) is 22.5. The smallest absolute Gasteiger partial charge is 0.329 e. The molecule has 16 nitrogen and oxygen atoms in total. The minimum absolute atomic E-state index is 0.145. The first kappa shape index (κ1) is 51.4. The number of hydrogen-bond donors (Lipinski definition) is 4. The number of carboxylic acids is 2. The number of aromatic nitrogens is 1. The van der Waals surface area contributed by atoms with Gasteiger partial charge in [-0.3, -0.25) is 19.4 Å². The van der Waals surface area contributed by atoms with Crippen LogP contribution in [0.15, 0.2) is 71.8 Å². The number of ether oxygens (including phenoxy) is 5. The van der Waals surface area contributed by atoms with Gasteiger partial charge in [0.2, 0.25) is 5.91 Å². The third-order valence-corrected chi connectivity index (χ3v) is 11.1. The summed E-state index contributed by atoms with van der Waals surface area (Å²) in [4.78, 5) is 49.6. The normalized spacial score (nSPS) is 11.3. The Morgan fingerprint density at radius 3 is 1.69 bits per heavy atom. The summed E-state index contributed by atoms with van der Waals surface area (Å²) in [6.07, 6.45) is 12.9. The fourth-order valence-corrected chi connectivity index (χ4v) is 7.33. The van der Waals surface area contributed by atoms with E-state index in [1.807, 2.05) is 24.3 Å². The van der Waals surface area contributed by atoms with Gasteiger partial charge in [0.1, 0.15) is 19.0 Å². The second kappa shape index (κ2) is 31.0. The number of nitrogens with zero attached hydrogens (tertiary/aromatic N) is 1. The Labute approximate surface area is 365 Å². The summed E-state index contributed by atoms with van der Waals surface area (Å²) >= 11 is 0. The molecule has 0 aliphatic rings. The number of nitrogens with one attached hydrogen (secondary N) is 2. The van der Waals surface area contributed by atoms with Gasteiger partial charge in [-0.1, -0.05) is 69.2 Å². The van der Waals surface area contributed by atoms with Crippen LogP contribution in [0.3, 0.4) is 0 Å². The molecule has 2 amide bonds. The molecule has 3 rings (SSSR count). The Balaban J connectivity index is 1.22. The van der Waals surface area contributed by atoms with Crippen molar-refractivity contribution in [3.05, 3.63) is 89.2 Å². The van der Waals surface area contributed by atoms with Crippen LogP contribution in [0.5, 0.6) is 5.75 Å². The second-order valence-corrected chi connectivity index (χ2v) is 16.6. The molecule has 0 saturated heterocycles. The van der Waals surface area contributed by atoms with E-state index in [4.69, 9.17) is 33.9 Å². The molecule has 0 aliphatic heterocycles. The Bertz CT molecular complexity index is 1840. The second-order valence-electron chi connectivity index (χ2n) is 14.6. The van der Waals surface area contributed by atoms with Crippen molar-refractivity contribution in [1.82, 2.24) is 15.6 Å². The van der Waals surface area contributed by atoms with Crippen LogP contribution in [0.25, 0.3) is 0 Å². The monoisotopic (exact) mass is 885 g/mol. The quantitative estimate of drug-likeness (QED) is 0.0551. The lowest BCUT2D eigenvalue weighted by Crippen LogP contribution is -2.31. The first-order chi connectivity index (χ1) is 30.0. The topological polar surface area (TPSA) is 226 Å². The highest BCUT2D eigenvalue weighted by Crippen LogP contribution is 2.19. The predicted molar refractivity (Wildman–Crippen MR) is 231 cm³/mol. The number of pyridine rings is 1. The molecule has 0 radical (unpaired) electrons. The van der Waals surface area contributed by atoms with Crippen molar-refractivity contribution >= 4 is 33.6 Å². The number of amides is 2. The molecule has 0 bridgehead atoms. The number of carboxylic acid groups (broad SMARTS) is 2. The summed E-state index contributed by atoms with van der Waals surface area (Å²) < 4.78 is 52.9. The molecule has 1 aromatic heterocycles. The van der Waals surface area contributed by atoms with Crippen molar-refractivity contribution in [3.63, 3.8) is 0 Å². The lowest BCUT2D eigenvalue weighted by Gasteiger charge is -2.09. The highest BCUT2D eigenvalue weighted by atomic mass is 32.2. The van der Waals surface area contributed by atoms with Crippen LogP contribution in [0, 0.1) is 0 Å². The van der Waals surface area contributed by atoms with E-state index in [1.54, 1.807) is 12.1 Å². The van der Waals surface area contributed by atoms with Gasteiger partial charge in [0, 0.05) is 25.7 Å². The number of carbonyl (C=O) groups is 4. The van der Waals surface area contributed by atoms with E-state index in [0.29, 0.717) is 12.3 Å². The van der Waals surface area contributed by atoms with Crippen molar-refractivity contribution in [2.24, 2.45) is 0 Å². The molecule has 0 fully saturated rings. The van der Waals surface area contributed by atoms with Crippen LogP contribution >= 0.6 is 0 Å². The van der Waals surface area contributed by atoms with E-state index in [1.165, 1.54) is 44.0 Å². The highest BCUT2D eigenvalue weighted by molar-refractivity contribution is 7.90. The van der Waals surface area contributed by atoms with Crippen molar-refractivity contribution in [2.45, 2.75) is 87.7 Å². The van der Waals surface area contributed by atoms with E-state index in [-0.39, 0.29) is 100 Å². The van der Waals surface area contributed by atoms with Crippen LogP contribution < -0.4 is 15.4 Å². The van der Waals surface area contributed by atoms with Gasteiger partial charge < -0.3 is 44.5 Å². The lowest BCUT2D eigenvalue weighted by atomic mass is 10.0. The third-order valence-electron chi connectivity index (χ3n) is 9.44. The van der Waals surface area contributed by atoms with Gasteiger partial charge in [0.15, 0.2) is 9.84 Å². The Kier molecular flexibility index (Phi) is 25.7. The molecule has 342 valence electrons. The SMILES string of the molecule is O=C(O)CCCCCCCCCCCOc1ccc(CCc2ccc(S(=O)(=O)Cc3ccc(C(=O)NCCOCCOCC(=O)NCCOCCOCC(=O)O)cn3)cc2)cc1. The largest absolute Gasteiger partial charge is 0.494 e. The van der Waals surface area contributed by atoms with Gasteiger partial charge in [-0.15, -0.1) is 0 Å². The van der Waals surface area contributed by atoms with Crippen molar-refractivity contribution in [2.75, 3.05) is 72.6 Å². The fourth-order valence-electron chi connectivity index (χ4n) is 6.05. The van der Waals surface area contributed by atoms with Crippen LogP contribution in [-0.2, 0) is 61.8 Å². The van der Waals surface area contributed by atoms with Crippen molar-refractivity contribution < 1.29 is 61.5 Å². The molecule has 0 atom stereocenters. The molecule has 4 N–H and O–H groups in total. The molecule has 62 heavy (non-hydrogen) atoms.